The van der Waals surface area contributed by atoms with Gasteiger partial charge >= 0.3 is 0 Å². The molecule has 0 aromatic carbocycles. The van der Waals surface area contributed by atoms with Crippen LogP contribution in [0.25, 0.3) is 0 Å². The Labute approximate surface area is 104 Å². The zero-order chi connectivity index (χ0) is 11.8. The Morgan fingerprint density at radius 1 is 1.41 bits per heavy atom. The molecule has 1 aliphatic heterocycles. The van der Waals surface area contributed by atoms with Gasteiger partial charge in [0.25, 0.3) is 5.91 Å². The molecule has 1 amide bonds. The minimum absolute atomic E-state index is 0.0294. The maximum absolute atomic E-state index is 12.1. The molecule has 17 heavy (non-hydrogen) atoms. The topological polar surface area (TPSA) is 72.1 Å². The van der Waals surface area contributed by atoms with Crippen molar-refractivity contribution in [3.63, 3.8) is 0 Å². The highest BCUT2D eigenvalue weighted by Crippen LogP contribution is 2.36. The fourth-order valence-electron chi connectivity index (χ4n) is 3.05. The first-order valence-electron chi connectivity index (χ1n) is 6.06. The number of carbonyl (C=O) groups is 1. The molecular weight excluding hydrogens is 236 g/mol. The van der Waals surface area contributed by atoms with E-state index in [1.54, 1.807) is 5.38 Å². The number of hydrogen-bond donors (Lipinski definition) is 1. The average molecular weight is 252 g/mol. The van der Waals surface area contributed by atoms with E-state index in [1.165, 1.54) is 11.5 Å². The molecule has 2 heterocycles. The zero-order valence-corrected chi connectivity index (χ0v) is 10.4. The first-order chi connectivity index (χ1) is 8.24. The minimum Gasteiger partial charge on any atom is -0.337 e. The molecule has 1 aliphatic carbocycles. The van der Waals surface area contributed by atoms with E-state index in [0.29, 0.717) is 23.6 Å². The molecule has 2 N–H and O–H groups in total. The van der Waals surface area contributed by atoms with Gasteiger partial charge in [-0.1, -0.05) is 4.49 Å². The molecule has 1 unspecified atom stereocenters. The molecule has 5 nitrogen and oxygen atoms in total. The Morgan fingerprint density at radius 2 is 2.24 bits per heavy atom. The molecule has 3 atom stereocenters. The largest absolute Gasteiger partial charge is 0.337 e. The standard InChI is InChI=1S/C11H16N4OS/c12-9-2-1-7-4-15(5-8(7)3-9)11(16)10-6-17-14-13-10/h6-9H,1-5,12H2/t7-,8+,9?/m1/s1. The van der Waals surface area contributed by atoms with Crippen molar-refractivity contribution in [3.8, 4) is 0 Å². The summed E-state index contributed by atoms with van der Waals surface area (Å²) in [6, 6.07) is 0.326. The minimum atomic E-state index is 0.0294. The second-order valence-electron chi connectivity index (χ2n) is 5.09. The predicted octanol–water partition coefficient (Wildman–Crippen LogP) is 0.737. The van der Waals surface area contributed by atoms with E-state index < -0.39 is 0 Å². The summed E-state index contributed by atoms with van der Waals surface area (Å²) in [5.41, 5.74) is 6.47. The molecule has 0 spiro atoms. The quantitative estimate of drug-likeness (QED) is 0.800. The van der Waals surface area contributed by atoms with Gasteiger partial charge in [-0.15, -0.1) is 5.10 Å². The predicted molar refractivity (Wildman–Crippen MR) is 64.6 cm³/mol. The number of nitrogens with two attached hydrogens (primary N) is 1. The number of likely N-dealkylation sites (tertiary alicyclic amines) is 1. The average Bonchev–Trinajstić information content (AvgIpc) is 2.96. The van der Waals surface area contributed by atoms with Crippen LogP contribution in [-0.2, 0) is 0 Å². The molecule has 1 saturated heterocycles. The smallest absolute Gasteiger partial charge is 0.275 e. The number of hydrogen-bond acceptors (Lipinski definition) is 5. The molecule has 1 aromatic rings. The van der Waals surface area contributed by atoms with Gasteiger partial charge in [0, 0.05) is 24.5 Å². The molecule has 2 aliphatic rings. The van der Waals surface area contributed by atoms with E-state index in [4.69, 9.17) is 5.73 Å². The lowest BCUT2D eigenvalue weighted by Crippen LogP contribution is -2.32. The van der Waals surface area contributed by atoms with E-state index in [-0.39, 0.29) is 5.91 Å². The van der Waals surface area contributed by atoms with E-state index in [2.05, 4.69) is 9.59 Å². The van der Waals surface area contributed by atoms with Crippen molar-refractivity contribution in [2.24, 2.45) is 17.6 Å². The van der Waals surface area contributed by atoms with Crippen molar-refractivity contribution in [3.05, 3.63) is 11.1 Å². The summed E-state index contributed by atoms with van der Waals surface area (Å²) in [7, 11) is 0. The molecule has 0 bridgehead atoms. The van der Waals surface area contributed by atoms with Crippen LogP contribution in [0.5, 0.6) is 0 Å². The highest BCUT2D eigenvalue weighted by molar-refractivity contribution is 7.03. The fourth-order valence-corrected chi connectivity index (χ4v) is 3.48. The SMILES string of the molecule is NC1CC[C@@H]2CN(C(=O)c3csnn3)C[C@@H]2C1. The highest BCUT2D eigenvalue weighted by atomic mass is 32.1. The van der Waals surface area contributed by atoms with Crippen molar-refractivity contribution in [2.45, 2.75) is 25.3 Å². The summed E-state index contributed by atoms with van der Waals surface area (Å²) in [5, 5.41) is 5.56. The van der Waals surface area contributed by atoms with Gasteiger partial charge < -0.3 is 10.6 Å². The van der Waals surface area contributed by atoms with Gasteiger partial charge in [0.15, 0.2) is 5.69 Å². The number of carbonyl (C=O) groups excluding carboxylic acids is 1. The van der Waals surface area contributed by atoms with Crippen LogP contribution >= 0.6 is 11.5 Å². The molecule has 6 heteroatoms. The lowest BCUT2D eigenvalue weighted by molar-refractivity contribution is 0.0778. The van der Waals surface area contributed by atoms with Crippen LogP contribution in [-0.4, -0.2) is 39.5 Å². The third kappa shape index (κ3) is 2.07. The first-order valence-corrected chi connectivity index (χ1v) is 6.89. The van der Waals surface area contributed by atoms with Crippen LogP contribution in [0.3, 0.4) is 0 Å². The summed E-state index contributed by atoms with van der Waals surface area (Å²) in [4.78, 5) is 14.1. The van der Waals surface area contributed by atoms with Crippen molar-refractivity contribution >= 4 is 17.4 Å². The third-order valence-electron chi connectivity index (χ3n) is 3.96. The van der Waals surface area contributed by atoms with Gasteiger partial charge in [0.2, 0.25) is 0 Å². The number of nitrogens with zero attached hydrogens (tertiary/aromatic N) is 3. The fraction of sp³-hybridized carbons (Fsp3) is 0.727. The first kappa shape index (κ1) is 11.1. The van der Waals surface area contributed by atoms with Crippen LogP contribution in [0.1, 0.15) is 29.8 Å². The zero-order valence-electron chi connectivity index (χ0n) is 9.58. The Bertz CT molecular complexity index is 408. The number of amides is 1. The Balaban J connectivity index is 1.69. The normalized spacial score (nSPS) is 32.5. The van der Waals surface area contributed by atoms with Crippen LogP contribution in [0, 0.1) is 11.8 Å². The van der Waals surface area contributed by atoms with Crippen molar-refractivity contribution < 1.29 is 4.79 Å². The molecule has 3 rings (SSSR count). The van der Waals surface area contributed by atoms with Gasteiger partial charge in [-0.2, -0.15) is 0 Å². The molecule has 0 radical (unpaired) electrons. The monoisotopic (exact) mass is 252 g/mol. The summed E-state index contributed by atoms with van der Waals surface area (Å²) in [5.74, 6) is 1.27. The highest BCUT2D eigenvalue weighted by Gasteiger charge is 2.39. The van der Waals surface area contributed by atoms with Crippen LogP contribution < -0.4 is 5.73 Å². The van der Waals surface area contributed by atoms with E-state index >= 15 is 0 Å². The maximum atomic E-state index is 12.1. The number of aromatic nitrogens is 2. The van der Waals surface area contributed by atoms with Crippen molar-refractivity contribution in [2.75, 3.05) is 13.1 Å². The summed E-state index contributed by atoms with van der Waals surface area (Å²) in [6.45, 7) is 1.71. The Morgan fingerprint density at radius 3 is 3.00 bits per heavy atom. The molecule has 92 valence electrons. The molecule has 2 fully saturated rings. The second-order valence-corrected chi connectivity index (χ2v) is 5.70. The van der Waals surface area contributed by atoms with Crippen LogP contribution in [0.2, 0.25) is 0 Å². The van der Waals surface area contributed by atoms with Crippen molar-refractivity contribution in [1.82, 2.24) is 14.5 Å². The van der Waals surface area contributed by atoms with E-state index in [9.17, 15) is 4.79 Å². The molecule has 1 saturated carbocycles. The third-order valence-corrected chi connectivity index (χ3v) is 4.46. The van der Waals surface area contributed by atoms with Gasteiger partial charge in [-0.05, 0) is 42.6 Å². The van der Waals surface area contributed by atoms with Gasteiger partial charge in [0.1, 0.15) is 0 Å². The van der Waals surface area contributed by atoms with Crippen LogP contribution in [0.15, 0.2) is 5.38 Å². The lowest BCUT2D eigenvalue weighted by Gasteiger charge is -2.27. The Hall–Kier alpha value is -1.01. The Kier molecular flexibility index (Phi) is 2.84. The summed E-state index contributed by atoms with van der Waals surface area (Å²) >= 11 is 1.22. The van der Waals surface area contributed by atoms with Gasteiger partial charge in [-0.25, -0.2) is 0 Å². The second kappa shape index (κ2) is 4.34. The van der Waals surface area contributed by atoms with Gasteiger partial charge in [0.05, 0.1) is 0 Å². The maximum Gasteiger partial charge on any atom is 0.275 e. The van der Waals surface area contributed by atoms with Crippen molar-refractivity contribution in [1.29, 1.82) is 0 Å². The van der Waals surface area contributed by atoms with Crippen LogP contribution in [0.4, 0.5) is 0 Å². The molecule has 1 aromatic heterocycles. The lowest BCUT2D eigenvalue weighted by atomic mass is 9.79. The molecular formula is C11H16N4OS. The number of rotatable bonds is 1. The van der Waals surface area contributed by atoms with Gasteiger partial charge in [-0.3, -0.25) is 4.79 Å². The summed E-state index contributed by atoms with van der Waals surface area (Å²) in [6.07, 6.45) is 3.32. The summed E-state index contributed by atoms with van der Waals surface area (Å²) < 4.78 is 3.74. The van der Waals surface area contributed by atoms with E-state index in [1.807, 2.05) is 4.90 Å². The van der Waals surface area contributed by atoms with E-state index in [0.717, 1.165) is 32.4 Å². The number of fused-ring (bicyclic) bond motifs is 1.